The van der Waals surface area contributed by atoms with Crippen LogP contribution in [0.5, 0.6) is 5.75 Å². The maximum atomic E-state index is 9.25. The smallest absolute Gasteiger partial charge is 0.204 e. The molecule has 0 amide bonds. The fourth-order valence-electron chi connectivity index (χ4n) is 1.44. The Kier molecular flexibility index (Phi) is 5.82. The average Bonchev–Trinajstić information content (AvgIpc) is 2.42. The quantitative estimate of drug-likeness (QED) is 0.666. The number of nitrogens with zero attached hydrogens (tertiary/aromatic N) is 2. The van der Waals surface area contributed by atoms with Gasteiger partial charge >= 0.3 is 0 Å². The van der Waals surface area contributed by atoms with Crippen LogP contribution in [-0.4, -0.2) is 41.9 Å². The van der Waals surface area contributed by atoms with Crippen molar-refractivity contribution in [2.45, 2.75) is 27.2 Å². The van der Waals surface area contributed by atoms with Gasteiger partial charge in [0, 0.05) is 25.1 Å². The number of ether oxygens (including phenoxy) is 1. The molecule has 0 fully saturated rings. The lowest BCUT2D eigenvalue weighted by atomic mass is 9.95. The molecule has 0 spiro atoms. The summed E-state index contributed by atoms with van der Waals surface area (Å²) in [5.41, 5.74) is -0.215. The van der Waals surface area contributed by atoms with Crippen LogP contribution in [0.1, 0.15) is 27.2 Å². The van der Waals surface area contributed by atoms with Crippen molar-refractivity contribution in [1.82, 2.24) is 9.97 Å². The van der Waals surface area contributed by atoms with E-state index in [4.69, 9.17) is 4.74 Å². The van der Waals surface area contributed by atoms with Crippen LogP contribution in [0.4, 0.5) is 11.6 Å². The number of anilines is 2. The third-order valence-electron chi connectivity index (χ3n) is 2.71. The van der Waals surface area contributed by atoms with Crippen LogP contribution in [0, 0.1) is 5.41 Å². The Bertz CT molecular complexity index is 396. The van der Waals surface area contributed by atoms with E-state index in [9.17, 15) is 5.11 Å². The van der Waals surface area contributed by atoms with Gasteiger partial charge in [0.25, 0.3) is 0 Å². The van der Waals surface area contributed by atoms with Crippen LogP contribution in [0.3, 0.4) is 0 Å². The van der Waals surface area contributed by atoms with Crippen molar-refractivity contribution < 1.29 is 9.84 Å². The number of rotatable bonds is 8. The Labute approximate surface area is 114 Å². The molecule has 0 saturated carbocycles. The topological polar surface area (TPSA) is 79.3 Å². The molecule has 0 aliphatic heterocycles. The Morgan fingerprint density at radius 3 is 2.42 bits per heavy atom. The minimum absolute atomic E-state index is 0.105. The predicted molar refractivity (Wildman–Crippen MR) is 76.7 cm³/mol. The summed E-state index contributed by atoms with van der Waals surface area (Å²) in [5, 5.41) is 15.6. The summed E-state index contributed by atoms with van der Waals surface area (Å²) in [6.07, 6.45) is 2.50. The van der Waals surface area contributed by atoms with Crippen LogP contribution >= 0.6 is 0 Å². The minimum Gasteiger partial charge on any atom is -0.490 e. The molecule has 0 bridgehead atoms. The molecule has 1 aromatic heterocycles. The van der Waals surface area contributed by atoms with Crippen molar-refractivity contribution in [2.75, 3.05) is 37.4 Å². The van der Waals surface area contributed by atoms with Crippen molar-refractivity contribution in [2.24, 2.45) is 5.41 Å². The highest BCUT2D eigenvalue weighted by Gasteiger charge is 2.18. The summed E-state index contributed by atoms with van der Waals surface area (Å²) < 4.78 is 5.36. The molecule has 6 heteroatoms. The zero-order valence-corrected chi connectivity index (χ0v) is 12.2. The predicted octanol–water partition coefficient (Wildman–Crippen LogP) is 1.74. The summed E-state index contributed by atoms with van der Waals surface area (Å²) in [5.74, 6) is 1.92. The van der Waals surface area contributed by atoms with Crippen molar-refractivity contribution in [3.05, 3.63) is 6.33 Å². The zero-order chi connectivity index (χ0) is 14.3. The molecule has 0 aliphatic carbocycles. The van der Waals surface area contributed by atoms with Gasteiger partial charge in [0.05, 0.1) is 7.11 Å². The lowest BCUT2D eigenvalue weighted by molar-refractivity contribution is 0.170. The first-order valence-electron chi connectivity index (χ1n) is 6.51. The summed E-state index contributed by atoms with van der Waals surface area (Å²) in [6.45, 7) is 7.57. The summed E-state index contributed by atoms with van der Waals surface area (Å²) in [4.78, 5) is 8.36. The van der Waals surface area contributed by atoms with Gasteiger partial charge in [-0.1, -0.05) is 20.8 Å². The average molecular weight is 268 g/mol. The van der Waals surface area contributed by atoms with Gasteiger partial charge in [-0.25, -0.2) is 9.97 Å². The molecule has 6 nitrogen and oxygen atoms in total. The van der Waals surface area contributed by atoms with Gasteiger partial charge in [0.15, 0.2) is 11.6 Å². The second-order valence-corrected chi connectivity index (χ2v) is 5.21. The monoisotopic (exact) mass is 268 g/mol. The van der Waals surface area contributed by atoms with Crippen molar-refractivity contribution >= 4 is 11.6 Å². The van der Waals surface area contributed by atoms with E-state index in [0.717, 1.165) is 13.0 Å². The van der Waals surface area contributed by atoms with E-state index in [1.807, 2.05) is 13.8 Å². The lowest BCUT2D eigenvalue weighted by Gasteiger charge is -2.23. The molecular weight excluding hydrogens is 244 g/mol. The van der Waals surface area contributed by atoms with E-state index < -0.39 is 0 Å². The minimum atomic E-state index is -0.215. The van der Waals surface area contributed by atoms with Crippen LogP contribution in [-0.2, 0) is 0 Å². The van der Waals surface area contributed by atoms with Crippen LogP contribution in [0.2, 0.25) is 0 Å². The molecule has 0 saturated heterocycles. The summed E-state index contributed by atoms with van der Waals surface area (Å²) >= 11 is 0. The van der Waals surface area contributed by atoms with E-state index in [1.54, 1.807) is 7.11 Å². The third kappa shape index (κ3) is 4.55. The summed E-state index contributed by atoms with van der Waals surface area (Å²) in [6, 6.07) is 0. The normalized spacial score (nSPS) is 11.2. The molecule has 1 heterocycles. The molecule has 0 radical (unpaired) electrons. The van der Waals surface area contributed by atoms with Gasteiger partial charge in [-0.3, -0.25) is 0 Å². The standard InChI is InChI=1S/C13H24N4O2/c1-5-6-14-11-10(19-4)12(17-9-16-11)15-7-13(2,3)8-18/h9,18H,5-8H2,1-4H3,(H2,14,15,16,17). The first kappa shape index (κ1) is 15.5. The molecule has 0 aliphatic rings. The molecule has 3 N–H and O–H groups in total. The fourth-order valence-corrected chi connectivity index (χ4v) is 1.44. The zero-order valence-electron chi connectivity index (χ0n) is 12.2. The molecule has 19 heavy (non-hydrogen) atoms. The highest BCUT2D eigenvalue weighted by atomic mass is 16.5. The second-order valence-electron chi connectivity index (χ2n) is 5.21. The lowest BCUT2D eigenvalue weighted by Crippen LogP contribution is -2.27. The largest absolute Gasteiger partial charge is 0.490 e. The van der Waals surface area contributed by atoms with Crippen molar-refractivity contribution in [3.63, 3.8) is 0 Å². The number of hydrogen-bond acceptors (Lipinski definition) is 6. The highest BCUT2D eigenvalue weighted by molar-refractivity contribution is 5.63. The fraction of sp³-hybridized carbons (Fsp3) is 0.692. The summed E-state index contributed by atoms with van der Waals surface area (Å²) in [7, 11) is 1.60. The van der Waals surface area contributed by atoms with Gasteiger partial charge in [-0.05, 0) is 6.42 Å². The Morgan fingerprint density at radius 2 is 1.89 bits per heavy atom. The number of methoxy groups -OCH3 is 1. The number of aliphatic hydroxyl groups is 1. The molecule has 1 aromatic rings. The SMILES string of the molecule is CCCNc1ncnc(NCC(C)(C)CO)c1OC. The highest BCUT2D eigenvalue weighted by Crippen LogP contribution is 2.29. The van der Waals surface area contributed by atoms with Gasteiger partial charge < -0.3 is 20.5 Å². The van der Waals surface area contributed by atoms with Gasteiger partial charge in [-0.15, -0.1) is 0 Å². The van der Waals surface area contributed by atoms with E-state index in [1.165, 1.54) is 6.33 Å². The molecule has 108 valence electrons. The van der Waals surface area contributed by atoms with Gasteiger partial charge in [-0.2, -0.15) is 0 Å². The molecular formula is C13H24N4O2. The maximum absolute atomic E-state index is 9.25. The molecule has 0 unspecified atom stereocenters. The van der Waals surface area contributed by atoms with Gasteiger partial charge in [0.1, 0.15) is 6.33 Å². The number of hydrogen-bond donors (Lipinski definition) is 3. The van der Waals surface area contributed by atoms with Crippen molar-refractivity contribution in [3.8, 4) is 5.75 Å². The van der Waals surface area contributed by atoms with Crippen LogP contribution in [0.15, 0.2) is 6.33 Å². The van der Waals surface area contributed by atoms with E-state index >= 15 is 0 Å². The Hall–Kier alpha value is -1.56. The van der Waals surface area contributed by atoms with E-state index in [-0.39, 0.29) is 12.0 Å². The second kappa shape index (κ2) is 7.13. The van der Waals surface area contributed by atoms with Crippen molar-refractivity contribution in [1.29, 1.82) is 0 Å². The first-order chi connectivity index (χ1) is 9.04. The Balaban J connectivity index is 2.82. The molecule has 1 rings (SSSR count). The Morgan fingerprint density at radius 1 is 1.26 bits per heavy atom. The third-order valence-corrected chi connectivity index (χ3v) is 2.71. The maximum Gasteiger partial charge on any atom is 0.204 e. The van der Waals surface area contributed by atoms with Crippen LogP contribution < -0.4 is 15.4 Å². The number of aliphatic hydroxyl groups excluding tert-OH is 1. The van der Waals surface area contributed by atoms with E-state index in [0.29, 0.717) is 23.9 Å². The molecule has 0 atom stereocenters. The van der Waals surface area contributed by atoms with Crippen LogP contribution in [0.25, 0.3) is 0 Å². The number of nitrogens with one attached hydrogen (secondary N) is 2. The molecule has 0 aromatic carbocycles. The first-order valence-corrected chi connectivity index (χ1v) is 6.51. The van der Waals surface area contributed by atoms with E-state index in [2.05, 4.69) is 27.5 Å². The number of aromatic nitrogens is 2. The van der Waals surface area contributed by atoms with Gasteiger partial charge in [0.2, 0.25) is 5.75 Å².